The molecule has 0 amide bonds. The first-order valence-electron chi connectivity index (χ1n) is 5.08. The molecule has 1 saturated heterocycles. The fourth-order valence-electron chi connectivity index (χ4n) is 2.35. The normalized spacial score (nSPS) is 28.5. The van der Waals surface area contributed by atoms with Crippen molar-refractivity contribution in [3.05, 3.63) is 18.2 Å². The number of aromatic nitrogens is 2. The third-order valence-electron chi connectivity index (χ3n) is 3.12. The van der Waals surface area contributed by atoms with Gasteiger partial charge in [-0.05, 0) is 19.5 Å². The third-order valence-corrected chi connectivity index (χ3v) is 3.12. The van der Waals surface area contributed by atoms with Crippen molar-refractivity contribution in [2.75, 3.05) is 26.7 Å². The Morgan fingerprint density at radius 2 is 2.29 bits per heavy atom. The molecule has 0 spiro atoms. The van der Waals surface area contributed by atoms with Crippen molar-refractivity contribution >= 4 is 0 Å². The number of hydrogen-bond acceptors (Lipinski definition) is 3. The minimum atomic E-state index is 0.505. The molecule has 2 atom stereocenters. The standard InChI is InChI=1S/C10H18N4/c1-13-6-8(5-11)9(7-13)10-12-3-4-14(10)2/h3-4,8-9H,5-7,11H2,1-2H3. The highest BCUT2D eigenvalue weighted by molar-refractivity contribution is 5.06. The summed E-state index contributed by atoms with van der Waals surface area (Å²) in [6.07, 6.45) is 3.86. The zero-order valence-electron chi connectivity index (χ0n) is 8.85. The molecule has 1 aliphatic rings. The maximum Gasteiger partial charge on any atom is 0.113 e. The molecule has 2 rings (SSSR count). The average Bonchev–Trinajstić information content (AvgIpc) is 2.71. The molecule has 1 fully saturated rings. The zero-order chi connectivity index (χ0) is 10.1. The molecular formula is C10H18N4. The maximum absolute atomic E-state index is 5.78. The second kappa shape index (κ2) is 3.71. The lowest BCUT2D eigenvalue weighted by Gasteiger charge is -2.15. The maximum atomic E-state index is 5.78. The van der Waals surface area contributed by atoms with Crippen molar-refractivity contribution in [3.8, 4) is 0 Å². The summed E-state index contributed by atoms with van der Waals surface area (Å²) in [5, 5.41) is 0. The van der Waals surface area contributed by atoms with Gasteiger partial charge in [-0.25, -0.2) is 4.98 Å². The van der Waals surface area contributed by atoms with Crippen LogP contribution in [0.25, 0.3) is 0 Å². The van der Waals surface area contributed by atoms with Crippen molar-refractivity contribution in [2.45, 2.75) is 5.92 Å². The Morgan fingerprint density at radius 3 is 2.86 bits per heavy atom. The van der Waals surface area contributed by atoms with Gasteiger partial charge >= 0.3 is 0 Å². The molecule has 0 aromatic carbocycles. The molecule has 4 heteroatoms. The van der Waals surface area contributed by atoms with Crippen molar-refractivity contribution in [2.24, 2.45) is 18.7 Å². The number of aryl methyl sites for hydroxylation is 1. The Hall–Kier alpha value is -0.870. The Morgan fingerprint density at radius 1 is 1.50 bits per heavy atom. The molecule has 0 saturated carbocycles. The number of nitrogens with zero attached hydrogens (tertiary/aromatic N) is 3. The summed E-state index contributed by atoms with van der Waals surface area (Å²) in [7, 11) is 4.19. The van der Waals surface area contributed by atoms with Gasteiger partial charge in [0.2, 0.25) is 0 Å². The van der Waals surface area contributed by atoms with Gasteiger partial charge in [0.15, 0.2) is 0 Å². The highest BCUT2D eigenvalue weighted by Gasteiger charge is 2.33. The Bertz CT molecular complexity index is 307. The molecule has 14 heavy (non-hydrogen) atoms. The van der Waals surface area contributed by atoms with Gasteiger partial charge in [0.25, 0.3) is 0 Å². The lowest BCUT2D eigenvalue weighted by atomic mass is 9.95. The summed E-state index contributed by atoms with van der Waals surface area (Å²) in [5.41, 5.74) is 5.78. The molecular weight excluding hydrogens is 176 g/mol. The lowest BCUT2D eigenvalue weighted by molar-refractivity contribution is 0.396. The summed E-state index contributed by atoms with van der Waals surface area (Å²) in [5.74, 6) is 2.23. The van der Waals surface area contributed by atoms with E-state index in [0.717, 1.165) is 19.6 Å². The van der Waals surface area contributed by atoms with Crippen LogP contribution in [0.1, 0.15) is 11.7 Å². The fraction of sp³-hybridized carbons (Fsp3) is 0.700. The van der Waals surface area contributed by atoms with Crippen LogP contribution in [0, 0.1) is 5.92 Å². The van der Waals surface area contributed by atoms with Gasteiger partial charge in [0.05, 0.1) is 0 Å². The summed E-state index contributed by atoms with van der Waals surface area (Å²) < 4.78 is 2.10. The molecule has 2 unspecified atom stereocenters. The number of likely N-dealkylation sites (N-methyl/N-ethyl adjacent to an activating group) is 1. The smallest absolute Gasteiger partial charge is 0.113 e. The van der Waals surface area contributed by atoms with E-state index >= 15 is 0 Å². The van der Waals surface area contributed by atoms with E-state index in [9.17, 15) is 0 Å². The zero-order valence-corrected chi connectivity index (χ0v) is 8.85. The predicted octanol–water partition coefficient (Wildman–Crippen LogP) is 0.0240. The van der Waals surface area contributed by atoms with E-state index < -0.39 is 0 Å². The number of imidazole rings is 1. The molecule has 1 aromatic heterocycles. The molecule has 1 aliphatic heterocycles. The average molecular weight is 194 g/mol. The van der Waals surface area contributed by atoms with E-state index in [4.69, 9.17) is 5.73 Å². The number of rotatable bonds is 2. The van der Waals surface area contributed by atoms with Crippen LogP contribution in [0.2, 0.25) is 0 Å². The Kier molecular flexibility index (Phi) is 2.56. The predicted molar refractivity (Wildman–Crippen MR) is 56.0 cm³/mol. The number of hydrogen-bond donors (Lipinski definition) is 1. The quantitative estimate of drug-likeness (QED) is 0.722. The molecule has 0 bridgehead atoms. The highest BCUT2D eigenvalue weighted by Crippen LogP contribution is 2.29. The van der Waals surface area contributed by atoms with Crippen LogP contribution >= 0.6 is 0 Å². The Labute approximate surface area is 84.7 Å². The van der Waals surface area contributed by atoms with Crippen LogP contribution in [0.15, 0.2) is 12.4 Å². The molecule has 0 aliphatic carbocycles. The van der Waals surface area contributed by atoms with Crippen molar-refractivity contribution in [1.29, 1.82) is 0 Å². The van der Waals surface area contributed by atoms with Crippen molar-refractivity contribution in [3.63, 3.8) is 0 Å². The second-order valence-electron chi connectivity index (χ2n) is 4.22. The molecule has 4 nitrogen and oxygen atoms in total. The lowest BCUT2D eigenvalue weighted by Crippen LogP contribution is -2.22. The minimum absolute atomic E-state index is 0.505. The van der Waals surface area contributed by atoms with E-state index in [0.29, 0.717) is 11.8 Å². The van der Waals surface area contributed by atoms with Gasteiger partial charge in [0, 0.05) is 38.4 Å². The molecule has 78 valence electrons. The first-order valence-corrected chi connectivity index (χ1v) is 5.08. The molecule has 1 aromatic rings. The van der Waals surface area contributed by atoms with Gasteiger partial charge < -0.3 is 15.2 Å². The van der Waals surface area contributed by atoms with Crippen LogP contribution < -0.4 is 5.73 Å². The number of likely N-dealkylation sites (tertiary alicyclic amines) is 1. The largest absolute Gasteiger partial charge is 0.338 e. The van der Waals surface area contributed by atoms with Crippen LogP contribution in [0.3, 0.4) is 0 Å². The van der Waals surface area contributed by atoms with E-state index in [1.807, 2.05) is 19.4 Å². The Balaban J connectivity index is 2.21. The summed E-state index contributed by atoms with van der Waals surface area (Å²) in [6, 6.07) is 0. The SMILES string of the molecule is CN1CC(CN)C(c2nccn2C)C1. The van der Waals surface area contributed by atoms with Gasteiger partial charge in [-0.2, -0.15) is 0 Å². The first kappa shape index (κ1) is 9.68. The van der Waals surface area contributed by atoms with Crippen LogP contribution in [-0.2, 0) is 7.05 Å². The summed E-state index contributed by atoms with van der Waals surface area (Å²) in [6.45, 7) is 2.92. The summed E-state index contributed by atoms with van der Waals surface area (Å²) >= 11 is 0. The van der Waals surface area contributed by atoms with E-state index in [2.05, 4.69) is 21.5 Å². The van der Waals surface area contributed by atoms with E-state index in [1.54, 1.807) is 0 Å². The van der Waals surface area contributed by atoms with Crippen LogP contribution in [0.5, 0.6) is 0 Å². The van der Waals surface area contributed by atoms with Gasteiger partial charge in [-0.3, -0.25) is 0 Å². The van der Waals surface area contributed by atoms with Gasteiger partial charge in [-0.1, -0.05) is 0 Å². The van der Waals surface area contributed by atoms with Gasteiger partial charge in [-0.15, -0.1) is 0 Å². The first-order chi connectivity index (χ1) is 6.72. The molecule has 2 N–H and O–H groups in total. The van der Waals surface area contributed by atoms with Crippen molar-refractivity contribution < 1.29 is 0 Å². The van der Waals surface area contributed by atoms with E-state index in [-0.39, 0.29) is 0 Å². The van der Waals surface area contributed by atoms with E-state index in [1.165, 1.54) is 5.82 Å². The fourth-order valence-corrected chi connectivity index (χ4v) is 2.35. The molecule has 2 heterocycles. The van der Waals surface area contributed by atoms with Crippen LogP contribution in [0.4, 0.5) is 0 Å². The second-order valence-corrected chi connectivity index (χ2v) is 4.22. The monoisotopic (exact) mass is 194 g/mol. The number of nitrogens with two attached hydrogens (primary N) is 1. The van der Waals surface area contributed by atoms with Crippen LogP contribution in [-0.4, -0.2) is 41.1 Å². The third kappa shape index (κ3) is 1.55. The highest BCUT2D eigenvalue weighted by atomic mass is 15.2. The summed E-state index contributed by atoms with van der Waals surface area (Å²) in [4.78, 5) is 6.74. The molecule has 0 radical (unpaired) electrons. The van der Waals surface area contributed by atoms with Crippen molar-refractivity contribution in [1.82, 2.24) is 14.5 Å². The minimum Gasteiger partial charge on any atom is -0.338 e. The topological polar surface area (TPSA) is 47.1 Å². The van der Waals surface area contributed by atoms with Gasteiger partial charge in [0.1, 0.15) is 5.82 Å².